The van der Waals surface area contributed by atoms with Crippen LogP contribution in [0.15, 0.2) is 59.1 Å². The van der Waals surface area contributed by atoms with Gasteiger partial charge >= 0.3 is 0 Å². The van der Waals surface area contributed by atoms with Crippen molar-refractivity contribution < 1.29 is 14.6 Å². The van der Waals surface area contributed by atoms with Crippen molar-refractivity contribution >= 4 is 28.0 Å². The fourth-order valence-corrected chi connectivity index (χ4v) is 4.21. The van der Waals surface area contributed by atoms with Gasteiger partial charge in [0.1, 0.15) is 23.1 Å². The highest BCUT2D eigenvalue weighted by atomic mass is 16.5. The molecule has 146 valence electrons. The van der Waals surface area contributed by atoms with Gasteiger partial charge in [-0.1, -0.05) is 35.9 Å². The van der Waals surface area contributed by atoms with Gasteiger partial charge in [0.15, 0.2) is 0 Å². The Balaban J connectivity index is 1.77. The molecular formula is C25H18N2O3. The van der Waals surface area contributed by atoms with Crippen LogP contribution in [0.2, 0.25) is 0 Å². The van der Waals surface area contributed by atoms with Gasteiger partial charge in [-0.3, -0.25) is 4.79 Å². The van der Waals surface area contributed by atoms with Gasteiger partial charge in [0.25, 0.3) is 5.91 Å². The second-order valence-electron chi connectivity index (χ2n) is 7.51. The summed E-state index contributed by atoms with van der Waals surface area (Å²) in [7, 11) is 0. The standard InChI is InChI=1S/C25H18N2O3/c1-14-7-9-16(10-8-14)30-24-15(4-3-11-28)12-19-21-17(5-2-6-18(21)24)23-22(19)20(13-26)25(29)27-23/h2,5-10,12,28H,3-4,11H2,1H3. The smallest absolute Gasteiger partial charge is 0.288 e. The van der Waals surface area contributed by atoms with E-state index < -0.39 is 5.91 Å². The van der Waals surface area contributed by atoms with E-state index in [2.05, 4.69) is 4.99 Å². The fraction of sp³-hybridized carbons (Fsp3) is 0.160. The molecule has 0 bridgehead atoms. The number of benzene rings is 3. The number of aliphatic hydroxyl groups excluding tert-OH is 1. The lowest BCUT2D eigenvalue weighted by Gasteiger charge is -2.16. The van der Waals surface area contributed by atoms with Crippen LogP contribution in [0.5, 0.6) is 11.5 Å². The first-order valence-corrected chi connectivity index (χ1v) is 9.85. The topological polar surface area (TPSA) is 82.7 Å². The maximum Gasteiger partial charge on any atom is 0.288 e. The van der Waals surface area contributed by atoms with Crippen molar-refractivity contribution in [3.63, 3.8) is 0 Å². The van der Waals surface area contributed by atoms with Crippen molar-refractivity contribution in [1.82, 2.24) is 0 Å². The summed E-state index contributed by atoms with van der Waals surface area (Å²) in [5.74, 6) is 0.982. The van der Waals surface area contributed by atoms with Crippen molar-refractivity contribution in [1.29, 1.82) is 5.26 Å². The van der Waals surface area contributed by atoms with Crippen molar-refractivity contribution in [3.8, 4) is 17.6 Å². The van der Waals surface area contributed by atoms with Crippen molar-refractivity contribution in [2.24, 2.45) is 4.99 Å². The summed E-state index contributed by atoms with van der Waals surface area (Å²) in [5, 5.41) is 20.8. The number of aryl methyl sites for hydroxylation is 2. The lowest BCUT2D eigenvalue weighted by atomic mass is 9.95. The predicted molar refractivity (Wildman–Crippen MR) is 115 cm³/mol. The minimum atomic E-state index is -0.484. The first-order chi connectivity index (χ1) is 14.6. The minimum absolute atomic E-state index is 0.0642. The second kappa shape index (κ2) is 6.94. The molecule has 30 heavy (non-hydrogen) atoms. The van der Waals surface area contributed by atoms with Gasteiger partial charge in [-0.2, -0.15) is 5.26 Å². The zero-order valence-corrected chi connectivity index (χ0v) is 16.4. The molecule has 1 aliphatic heterocycles. The number of nitriles is 1. The van der Waals surface area contributed by atoms with E-state index in [1.807, 2.05) is 61.5 Å². The SMILES string of the molecule is Cc1ccc(Oc2c(CCCO)cc3c4c(cccc24)C2=NC(=O)C(C#N)=C23)cc1. The minimum Gasteiger partial charge on any atom is -0.456 e. The highest BCUT2D eigenvalue weighted by Crippen LogP contribution is 2.47. The van der Waals surface area contributed by atoms with Crippen LogP contribution in [0, 0.1) is 18.3 Å². The van der Waals surface area contributed by atoms with Gasteiger partial charge in [-0.15, -0.1) is 0 Å². The summed E-state index contributed by atoms with van der Waals surface area (Å²) < 4.78 is 6.34. The number of aliphatic imine (C=N–C) groups is 1. The van der Waals surface area contributed by atoms with Gasteiger partial charge in [-0.05, 0) is 49.1 Å². The molecular weight excluding hydrogens is 376 g/mol. The van der Waals surface area contributed by atoms with Crippen LogP contribution in [0.3, 0.4) is 0 Å². The number of carbonyl (C=O) groups is 1. The molecule has 0 atom stereocenters. The van der Waals surface area contributed by atoms with Gasteiger partial charge in [0.05, 0.1) is 5.71 Å². The molecule has 1 heterocycles. The van der Waals surface area contributed by atoms with Gasteiger partial charge < -0.3 is 9.84 Å². The van der Waals surface area contributed by atoms with Crippen molar-refractivity contribution in [2.45, 2.75) is 19.8 Å². The fourth-order valence-electron chi connectivity index (χ4n) is 4.21. The van der Waals surface area contributed by atoms with E-state index in [4.69, 9.17) is 4.74 Å². The molecule has 5 heteroatoms. The van der Waals surface area contributed by atoms with E-state index in [9.17, 15) is 15.2 Å². The molecule has 0 saturated heterocycles. The molecule has 1 aliphatic carbocycles. The number of aliphatic hydroxyl groups is 1. The Kier molecular flexibility index (Phi) is 4.23. The number of allylic oxidation sites excluding steroid dienone is 1. The third-order valence-corrected chi connectivity index (χ3v) is 5.58. The number of hydrogen-bond donors (Lipinski definition) is 1. The lowest BCUT2D eigenvalue weighted by molar-refractivity contribution is -0.113. The van der Waals surface area contributed by atoms with Crippen LogP contribution in [-0.2, 0) is 11.2 Å². The van der Waals surface area contributed by atoms with E-state index in [1.165, 1.54) is 0 Å². The van der Waals surface area contributed by atoms with Crippen LogP contribution < -0.4 is 4.74 Å². The molecule has 3 aromatic carbocycles. The molecule has 0 spiro atoms. The lowest BCUT2D eigenvalue weighted by Crippen LogP contribution is -1.99. The summed E-state index contributed by atoms with van der Waals surface area (Å²) in [6.45, 7) is 2.09. The average Bonchev–Trinajstić information content (AvgIpc) is 3.24. The molecule has 5 rings (SSSR count). The van der Waals surface area contributed by atoms with Crippen LogP contribution in [0.4, 0.5) is 0 Å². The van der Waals surface area contributed by atoms with Crippen molar-refractivity contribution in [3.05, 3.63) is 76.4 Å². The summed E-state index contributed by atoms with van der Waals surface area (Å²) in [4.78, 5) is 16.4. The van der Waals surface area contributed by atoms with E-state index in [0.717, 1.165) is 44.5 Å². The van der Waals surface area contributed by atoms with Crippen LogP contribution >= 0.6 is 0 Å². The van der Waals surface area contributed by atoms with E-state index in [1.54, 1.807) is 0 Å². The summed E-state index contributed by atoms with van der Waals surface area (Å²) >= 11 is 0. The Morgan fingerprint density at radius 2 is 1.93 bits per heavy atom. The number of hydrogen-bond acceptors (Lipinski definition) is 4. The number of amides is 1. The molecule has 0 aromatic heterocycles. The third-order valence-electron chi connectivity index (χ3n) is 5.58. The largest absolute Gasteiger partial charge is 0.456 e. The highest BCUT2D eigenvalue weighted by molar-refractivity contribution is 6.50. The quantitative estimate of drug-likeness (QED) is 0.691. The Bertz CT molecular complexity index is 1330. The molecule has 0 unspecified atom stereocenters. The van der Waals surface area contributed by atoms with Gasteiger partial charge in [0.2, 0.25) is 0 Å². The Labute approximate surface area is 173 Å². The first kappa shape index (κ1) is 18.3. The molecule has 5 nitrogen and oxygen atoms in total. The Morgan fingerprint density at radius 1 is 1.13 bits per heavy atom. The number of carbonyl (C=O) groups excluding carboxylic acids is 1. The number of ether oxygens (including phenoxy) is 1. The monoisotopic (exact) mass is 394 g/mol. The number of nitrogens with zero attached hydrogens (tertiary/aromatic N) is 2. The molecule has 3 aromatic rings. The maximum absolute atomic E-state index is 12.2. The summed E-state index contributed by atoms with van der Waals surface area (Å²) in [6.07, 6.45) is 1.19. The third kappa shape index (κ3) is 2.66. The number of rotatable bonds is 5. The molecule has 0 radical (unpaired) electrons. The Morgan fingerprint density at radius 3 is 2.67 bits per heavy atom. The molecule has 2 aliphatic rings. The van der Waals surface area contributed by atoms with Crippen LogP contribution in [-0.4, -0.2) is 23.3 Å². The van der Waals surface area contributed by atoms with E-state index >= 15 is 0 Å². The normalized spacial score (nSPS) is 14.2. The second-order valence-corrected chi connectivity index (χ2v) is 7.51. The molecule has 1 N–H and O–H groups in total. The van der Waals surface area contributed by atoms with Gasteiger partial charge in [-0.25, -0.2) is 4.99 Å². The zero-order valence-electron chi connectivity index (χ0n) is 16.4. The van der Waals surface area contributed by atoms with E-state index in [-0.39, 0.29) is 12.2 Å². The van der Waals surface area contributed by atoms with Crippen molar-refractivity contribution in [2.75, 3.05) is 6.61 Å². The van der Waals surface area contributed by atoms with Crippen LogP contribution in [0.1, 0.15) is 28.7 Å². The summed E-state index contributed by atoms with van der Waals surface area (Å²) in [5.41, 5.74) is 5.02. The Hall–Kier alpha value is -3.75. The molecule has 1 amide bonds. The number of fused-ring (bicyclic) bond motifs is 3. The average molecular weight is 394 g/mol. The van der Waals surface area contributed by atoms with E-state index in [0.29, 0.717) is 24.1 Å². The molecule has 0 saturated carbocycles. The summed E-state index contributed by atoms with van der Waals surface area (Å²) in [6, 6.07) is 17.7. The maximum atomic E-state index is 12.2. The van der Waals surface area contributed by atoms with Crippen LogP contribution in [0.25, 0.3) is 16.3 Å². The molecule has 0 fully saturated rings. The van der Waals surface area contributed by atoms with Gasteiger partial charge in [0, 0.05) is 28.5 Å². The zero-order chi connectivity index (χ0) is 20.8. The predicted octanol–water partition coefficient (Wildman–Crippen LogP) is 4.49. The highest BCUT2D eigenvalue weighted by Gasteiger charge is 2.37. The first-order valence-electron chi connectivity index (χ1n) is 9.85.